The van der Waals surface area contributed by atoms with Crippen LogP contribution in [0.5, 0.6) is 0 Å². The molecule has 0 aromatic rings. The SMILES string of the molecule is CCCCCC(=O)OCC(COC(=O)CCCCC)OC(=O)NCCCCCCCNC(CCCCN)C(=O)OC. The number of alkyl carbamates (subject to hydrolysis) is 1. The van der Waals surface area contributed by atoms with E-state index in [0.717, 1.165) is 96.4 Å². The summed E-state index contributed by atoms with van der Waals surface area (Å²) >= 11 is 0. The molecule has 0 aliphatic rings. The van der Waals surface area contributed by atoms with E-state index in [0.29, 0.717) is 25.9 Å². The molecule has 0 heterocycles. The number of esters is 3. The highest BCUT2D eigenvalue weighted by atomic mass is 16.6. The summed E-state index contributed by atoms with van der Waals surface area (Å²) in [7, 11) is 1.40. The predicted molar refractivity (Wildman–Crippen MR) is 158 cm³/mol. The molecule has 0 aliphatic heterocycles. The Bertz CT molecular complexity index is 667. The normalized spacial score (nSPS) is 11.6. The van der Waals surface area contributed by atoms with Crippen molar-refractivity contribution in [2.24, 2.45) is 5.73 Å². The van der Waals surface area contributed by atoms with Gasteiger partial charge < -0.3 is 35.3 Å². The number of amides is 1. The quantitative estimate of drug-likeness (QED) is 0.0708. The fourth-order valence-electron chi connectivity index (χ4n) is 4.05. The van der Waals surface area contributed by atoms with Crippen molar-refractivity contribution in [3.63, 3.8) is 0 Å². The van der Waals surface area contributed by atoms with Crippen LogP contribution in [0, 0.1) is 0 Å². The number of carbonyl (C=O) groups excluding carboxylic acids is 4. The number of rotatable bonds is 27. The summed E-state index contributed by atoms with van der Waals surface area (Å²) in [5.74, 6) is -0.953. The van der Waals surface area contributed by atoms with E-state index in [-0.39, 0.29) is 37.2 Å². The van der Waals surface area contributed by atoms with Gasteiger partial charge in [0.05, 0.1) is 7.11 Å². The maximum absolute atomic E-state index is 12.3. The molecule has 1 atom stereocenters. The molecule has 0 bridgehead atoms. The molecule has 41 heavy (non-hydrogen) atoms. The number of hydrogen-bond donors (Lipinski definition) is 3. The van der Waals surface area contributed by atoms with E-state index < -0.39 is 12.2 Å². The Labute approximate surface area is 247 Å². The van der Waals surface area contributed by atoms with Crippen molar-refractivity contribution in [2.75, 3.05) is 40.0 Å². The molecule has 0 radical (unpaired) electrons. The van der Waals surface area contributed by atoms with Gasteiger partial charge in [0.1, 0.15) is 19.3 Å². The Kier molecular flexibility index (Phi) is 26.1. The minimum atomic E-state index is -0.864. The van der Waals surface area contributed by atoms with Gasteiger partial charge in [0.15, 0.2) is 6.10 Å². The van der Waals surface area contributed by atoms with Crippen molar-refractivity contribution >= 4 is 24.0 Å². The molecule has 1 unspecified atom stereocenters. The van der Waals surface area contributed by atoms with Crippen molar-refractivity contribution in [3.8, 4) is 0 Å². The number of unbranched alkanes of at least 4 members (excludes halogenated alkanes) is 9. The highest BCUT2D eigenvalue weighted by molar-refractivity contribution is 5.75. The van der Waals surface area contributed by atoms with Gasteiger partial charge in [-0.3, -0.25) is 14.4 Å². The van der Waals surface area contributed by atoms with E-state index in [4.69, 9.17) is 24.7 Å². The highest BCUT2D eigenvalue weighted by Gasteiger charge is 2.20. The largest absolute Gasteiger partial charge is 0.468 e. The Hall–Kier alpha value is -2.40. The van der Waals surface area contributed by atoms with Crippen LogP contribution in [-0.2, 0) is 33.3 Å². The summed E-state index contributed by atoms with van der Waals surface area (Å²) in [4.78, 5) is 48.1. The van der Waals surface area contributed by atoms with Crippen molar-refractivity contribution in [1.82, 2.24) is 10.6 Å². The summed E-state index contributed by atoms with van der Waals surface area (Å²) < 4.78 is 20.8. The van der Waals surface area contributed by atoms with Gasteiger partial charge in [0, 0.05) is 19.4 Å². The highest BCUT2D eigenvalue weighted by Crippen LogP contribution is 2.07. The number of nitrogens with one attached hydrogen (secondary N) is 2. The van der Waals surface area contributed by atoms with Crippen LogP contribution < -0.4 is 16.4 Å². The van der Waals surface area contributed by atoms with Crippen molar-refractivity contribution < 1.29 is 38.1 Å². The van der Waals surface area contributed by atoms with Gasteiger partial charge in [-0.25, -0.2) is 4.79 Å². The standard InChI is InChI=1S/C30H57N3O8/c1-4-6-11-18-27(34)39-23-25(24-40-28(35)19-12-7-5-2)41-30(37)33-22-16-10-8-9-15-21-32-26(29(36)38-3)17-13-14-20-31/h25-26,32H,4-24,31H2,1-3H3,(H,33,37). The molecule has 0 rings (SSSR count). The first-order chi connectivity index (χ1) is 19.9. The van der Waals surface area contributed by atoms with Crippen LogP contribution >= 0.6 is 0 Å². The zero-order valence-corrected chi connectivity index (χ0v) is 25.8. The van der Waals surface area contributed by atoms with Gasteiger partial charge >= 0.3 is 24.0 Å². The lowest BCUT2D eigenvalue weighted by Crippen LogP contribution is -2.38. The lowest BCUT2D eigenvalue weighted by Gasteiger charge is -2.18. The van der Waals surface area contributed by atoms with E-state index in [1.54, 1.807) is 0 Å². The van der Waals surface area contributed by atoms with Crippen molar-refractivity contribution in [2.45, 2.75) is 129 Å². The molecule has 1 amide bonds. The van der Waals surface area contributed by atoms with Crippen molar-refractivity contribution in [3.05, 3.63) is 0 Å². The molecule has 240 valence electrons. The van der Waals surface area contributed by atoms with Gasteiger partial charge in [-0.05, 0) is 51.6 Å². The van der Waals surface area contributed by atoms with Gasteiger partial charge in [-0.1, -0.05) is 65.2 Å². The molecule has 0 aromatic heterocycles. The Morgan fingerprint density at radius 1 is 0.707 bits per heavy atom. The maximum Gasteiger partial charge on any atom is 0.407 e. The third kappa shape index (κ3) is 24.0. The fourth-order valence-corrected chi connectivity index (χ4v) is 4.05. The average molecular weight is 588 g/mol. The molecule has 4 N–H and O–H groups in total. The van der Waals surface area contributed by atoms with E-state index in [1.807, 2.05) is 0 Å². The second-order valence-corrected chi connectivity index (χ2v) is 10.3. The van der Waals surface area contributed by atoms with Gasteiger partial charge in [-0.2, -0.15) is 0 Å². The Morgan fingerprint density at radius 2 is 1.27 bits per heavy atom. The minimum Gasteiger partial charge on any atom is -0.468 e. The molecular formula is C30H57N3O8. The van der Waals surface area contributed by atoms with Gasteiger partial charge in [-0.15, -0.1) is 0 Å². The van der Waals surface area contributed by atoms with Crippen LogP contribution in [0.1, 0.15) is 117 Å². The number of methoxy groups -OCH3 is 1. The first-order valence-electron chi connectivity index (χ1n) is 15.6. The van der Waals surface area contributed by atoms with Gasteiger partial charge in [0.2, 0.25) is 0 Å². The van der Waals surface area contributed by atoms with E-state index in [2.05, 4.69) is 24.5 Å². The summed E-state index contributed by atoms with van der Waals surface area (Å²) in [5.41, 5.74) is 5.53. The zero-order valence-electron chi connectivity index (χ0n) is 25.8. The van der Waals surface area contributed by atoms with Crippen LogP contribution in [0.3, 0.4) is 0 Å². The third-order valence-electron chi connectivity index (χ3n) is 6.55. The smallest absolute Gasteiger partial charge is 0.407 e. The van der Waals surface area contributed by atoms with Crippen molar-refractivity contribution in [1.29, 1.82) is 0 Å². The minimum absolute atomic E-state index is 0.154. The number of nitrogens with two attached hydrogens (primary N) is 1. The lowest BCUT2D eigenvalue weighted by molar-refractivity contribution is -0.152. The molecule has 0 saturated heterocycles. The third-order valence-corrected chi connectivity index (χ3v) is 6.55. The summed E-state index contributed by atoms with van der Waals surface area (Å²) in [6, 6.07) is -0.292. The molecule has 0 aliphatic carbocycles. The molecule has 11 nitrogen and oxygen atoms in total. The van der Waals surface area contributed by atoms with Crippen LogP contribution in [0.15, 0.2) is 0 Å². The molecular weight excluding hydrogens is 530 g/mol. The summed E-state index contributed by atoms with van der Waals surface area (Å²) in [5, 5.41) is 5.99. The van der Waals surface area contributed by atoms with E-state index in [1.165, 1.54) is 7.11 Å². The summed E-state index contributed by atoms with van der Waals surface area (Å²) in [6.45, 7) is 5.60. The first-order valence-corrected chi connectivity index (χ1v) is 15.6. The van der Waals surface area contributed by atoms with Crippen LogP contribution in [0.4, 0.5) is 4.79 Å². The monoisotopic (exact) mass is 587 g/mol. The second kappa shape index (κ2) is 27.8. The topological polar surface area (TPSA) is 155 Å². The molecule has 0 saturated carbocycles. The van der Waals surface area contributed by atoms with Crippen LogP contribution in [0.25, 0.3) is 0 Å². The summed E-state index contributed by atoms with van der Waals surface area (Å²) in [6.07, 6.45) is 11.6. The predicted octanol–water partition coefficient (Wildman–Crippen LogP) is 4.54. The number of hydrogen-bond acceptors (Lipinski definition) is 10. The molecule has 0 fully saturated rings. The van der Waals surface area contributed by atoms with Crippen LogP contribution in [-0.4, -0.2) is 76.1 Å². The van der Waals surface area contributed by atoms with E-state index in [9.17, 15) is 19.2 Å². The zero-order chi connectivity index (χ0) is 30.6. The van der Waals surface area contributed by atoms with Crippen LogP contribution in [0.2, 0.25) is 0 Å². The number of carbonyl (C=O) groups is 4. The Balaban J connectivity index is 4.26. The second-order valence-electron chi connectivity index (χ2n) is 10.3. The lowest BCUT2D eigenvalue weighted by atomic mass is 10.1. The molecule has 0 aromatic carbocycles. The average Bonchev–Trinajstić information content (AvgIpc) is 2.96. The number of ether oxygens (including phenoxy) is 4. The molecule has 11 heteroatoms. The Morgan fingerprint density at radius 3 is 1.80 bits per heavy atom. The van der Waals surface area contributed by atoms with E-state index >= 15 is 0 Å². The molecule has 0 spiro atoms. The first kappa shape index (κ1) is 38.6. The van der Waals surface area contributed by atoms with Gasteiger partial charge in [0.25, 0.3) is 0 Å². The maximum atomic E-state index is 12.3. The fraction of sp³-hybridized carbons (Fsp3) is 0.867.